The van der Waals surface area contributed by atoms with E-state index in [-0.39, 0.29) is 12.0 Å². The number of hydrogen-bond donors (Lipinski definition) is 2. The molecule has 6 nitrogen and oxygen atoms in total. The summed E-state index contributed by atoms with van der Waals surface area (Å²) >= 11 is 1.23. The van der Waals surface area contributed by atoms with Gasteiger partial charge in [0, 0.05) is 25.7 Å². The van der Waals surface area contributed by atoms with E-state index in [9.17, 15) is 8.42 Å². The molecular formula is C23H39N3O3S2. The van der Waals surface area contributed by atoms with Crippen LogP contribution in [0.3, 0.4) is 0 Å². The van der Waals surface area contributed by atoms with E-state index < -0.39 is 10.0 Å². The van der Waals surface area contributed by atoms with Crippen LogP contribution in [0.15, 0.2) is 28.5 Å². The van der Waals surface area contributed by atoms with Crippen LogP contribution in [-0.4, -0.2) is 52.0 Å². The number of likely N-dealkylation sites (N-methyl/N-ethyl adjacent to an activating group) is 2. The molecule has 176 valence electrons. The second-order valence-corrected chi connectivity index (χ2v) is 10.9. The number of hydrogen-bond acceptors (Lipinski definition) is 6. The highest BCUT2D eigenvalue weighted by atomic mass is 32.3. The second kappa shape index (κ2) is 13.5. The smallest absolute Gasteiger partial charge is 0.246 e. The summed E-state index contributed by atoms with van der Waals surface area (Å²) in [7, 11) is -1.52. The lowest BCUT2D eigenvalue weighted by atomic mass is 9.96. The molecule has 1 aromatic rings. The van der Waals surface area contributed by atoms with Crippen molar-refractivity contribution in [3.8, 4) is 5.75 Å². The standard InChI is InChI=1S/C23H39N3O3S2/c1-5-23(31(27,28)25-21-12-8-7-9-13-21)30-18-29-22-14-10-11-20(19(22)3)17-26(6-2)16-15-24-4/h5,10-11,14,21,24-25H,6-9,12-13,15-18H2,1-4H3/b23-5+. The van der Waals surface area contributed by atoms with Crippen molar-refractivity contribution in [1.82, 2.24) is 14.9 Å². The van der Waals surface area contributed by atoms with E-state index >= 15 is 0 Å². The van der Waals surface area contributed by atoms with Crippen LogP contribution in [0.4, 0.5) is 0 Å². The highest BCUT2D eigenvalue weighted by Crippen LogP contribution is 2.28. The molecule has 0 radical (unpaired) electrons. The van der Waals surface area contributed by atoms with E-state index in [0.29, 0.717) is 4.24 Å². The molecule has 2 rings (SSSR count). The number of ether oxygens (including phenoxy) is 1. The summed E-state index contributed by atoms with van der Waals surface area (Å²) in [6, 6.07) is 6.14. The van der Waals surface area contributed by atoms with Crippen LogP contribution in [0.25, 0.3) is 0 Å². The zero-order valence-electron chi connectivity index (χ0n) is 19.4. The first-order valence-electron chi connectivity index (χ1n) is 11.3. The van der Waals surface area contributed by atoms with E-state index in [2.05, 4.69) is 34.9 Å². The van der Waals surface area contributed by atoms with E-state index in [1.54, 1.807) is 13.0 Å². The van der Waals surface area contributed by atoms with Crippen LogP contribution in [0.2, 0.25) is 0 Å². The van der Waals surface area contributed by atoms with Crippen molar-refractivity contribution in [2.75, 3.05) is 32.6 Å². The SMILES string of the molecule is C/C=C(\SCOc1cccc(CN(CC)CCNC)c1C)S(=O)(=O)NC1CCCCC1. The fraction of sp³-hybridized carbons (Fsp3) is 0.652. The van der Waals surface area contributed by atoms with Crippen LogP contribution in [0.1, 0.15) is 57.1 Å². The van der Waals surface area contributed by atoms with Crippen LogP contribution in [-0.2, 0) is 16.6 Å². The lowest BCUT2D eigenvalue weighted by molar-refractivity contribution is 0.280. The van der Waals surface area contributed by atoms with Crippen LogP contribution >= 0.6 is 11.8 Å². The van der Waals surface area contributed by atoms with Gasteiger partial charge in [-0.1, -0.05) is 56.2 Å². The largest absolute Gasteiger partial charge is 0.482 e. The Morgan fingerprint density at radius 1 is 1.29 bits per heavy atom. The van der Waals surface area contributed by atoms with Gasteiger partial charge in [0.1, 0.15) is 15.9 Å². The molecular weight excluding hydrogens is 430 g/mol. The lowest BCUT2D eigenvalue weighted by Crippen LogP contribution is -2.36. The molecule has 1 fully saturated rings. The number of rotatable bonds is 13. The van der Waals surface area contributed by atoms with Gasteiger partial charge in [0.2, 0.25) is 10.0 Å². The Balaban J connectivity index is 1.94. The summed E-state index contributed by atoms with van der Waals surface area (Å²) in [6.07, 6.45) is 6.88. The predicted molar refractivity (Wildman–Crippen MR) is 132 cm³/mol. The van der Waals surface area contributed by atoms with Gasteiger partial charge in [-0.15, -0.1) is 0 Å². The van der Waals surface area contributed by atoms with Gasteiger partial charge in [0.25, 0.3) is 0 Å². The summed E-state index contributed by atoms with van der Waals surface area (Å²) in [5.74, 6) is 1.06. The second-order valence-electron chi connectivity index (χ2n) is 7.98. The molecule has 1 aromatic carbocycles. The molecule has 0 bridgehead atoms. The minimum absolute atomic E-state index is 0.0542. The van der Waals surface area contributed by atoms with Crippen molar-refractivity contribution >= 4 is 21.8 Å². The number of benzene rings is 1. The van der Waals surface area contributed by atoms with Gasteiger partial charge in [-0.05, 0) is 57.5 Å². The lowest BCUT2D eigenvalue weighted by Gasteiger charge is -2.23. The molecule has 0 aromatic heterocycles. The van der Waals surface area contributed by atoms with E-state index in [1.165, 1.54) is 23.7 Å². The molecule has 0 unspecified atom stereocenters. The number of nitrogens with one attached hydrogen (secondary N) is 2. The maximum Gasteiger partial charge on any atom is 0.246 e. The monoisotopic (exact) mass is 469 g/mol. The Bertz CT molecular complexity index is 806. The van der Waals surface area contributed by atoms with Crippen molar-refractivity contribution in [2.24, 2.45) is 0 Å². The first-order valence-corrected chi connectivity index (χ1v) is 13.8. The van der Waals surface area contributed by atoms with E-state index in [4.69, 9.17) is 4.74 Å². The maximum atomic E-state index is 12.8. The van der Waals surface area contributed by atoms with Crippen molar-refractivity contribution in [3.63, 3.8) is 0 Å². The quantitative estimate of drug-likeness (QED) is 0.422. The third-order valence-corrected chi connectivity index (χ3v) is 8.94. The topological polar surface area (TPSA) is 70.7 Å². The predicted octanol–water partition coefficient (Wildman–Crippen LogP) is 4.22. The summed E-state index contributed by atoms with van der Waals surface area (Å²) in [4.78, 5) is 2.39. The molecule has 0 heterocycles. The Morgan fingerprint density at radius 3 is 2.68 bits per heavy atom. The van der Waals surface area contributed by atoms with Crippen molar-refractivity contribution < 1.29 is 13.2 Å². The first-order chi connectivity index (χ1) is 14.9. The Morgan fingerprint density at radius 2 is 2.03 bits per heavy atom. The minimum Gasteiger partial charge on any atom is -0.482 e. The summed E-state index contributed by atoms with van der Waals surface area (Å²) in [5.41, 5.74) is 2.34. The van der Waals surface area contributed by atoms with Crippen molar-refractivity contribution in [3.05, 3.63) is 39.6 Å². The fourth-order valence-electron chi connectivity index (χ4n) is 3.81. The summed E-state index contributed by atoms with van der Waals surface area (Å²) in [6.45, 7) is 9.80. The molecule has 0 amide bonds. The normalized spacial score (nSPS) is 16.1. The van der Waals surface area contributed by atoms with Gasteiger partial charge < -0.3 is 10.1 Å². The van der Waals surface area contributed by atoms with Crippen molar-refractivity contribution in [2.45, 2.75) is 65.5 Å². The van der Waals surface area contributed by atoms with Gasteiger partial charge in [0.05, 0.1) is 0 Å². The number of thioether (sulfide) groups is 1. The molecule has 8 heteroatoms. The molecule has 0 atom stereocenters. The van der Waals surface area contributed by atoms with E-state index in [1.807, 2.05) is 19.2 Å². The van der Waals surface area contributed by atoms with Crippen LogP contribution in [0, 0.1) is 6.92 Å². The molecule has 1 saturated carbocycles. The Labute approximate surface area is 193 Å². The average Bonchev–Trinajstić information content (AvgIpc) is 2.76. The third-order valence-electron chi connectivity index (χ3n) is 5.76. The van der Waals surface area contributed by atoms with Gasteiger partial charge in [-0.3, -0.25) is 4.90 Å². The molecule has 0 saturated heterocycles. The van der Waals surface area contributed by atoms with Crippen LogP contribution < -0.4 is 14.8 Å². The maximum absolute atomic E-state index is 12.8. The van der Waals surface area contributed by atoms with Gasteiger partial charge in [-0.25, -0.2) is 13.1 Å². The van der Waals surface area contributed by atoms with E-state index in [0.717, 1.165) is 63.2 Å². The van der Waals surface area contributed by atoms with Gasteiger partial charge in [-0.2, -0.15) is 0 Å². The number of nitrogens with zero attached hydrogens (tertiary/aromatic N) is 1. The fourth-order valence-corrected chi connectivity index (χ4v) is 6.29. The number of sulfonamides is 1. The van der Waals surface area contributed by atoms with Crippen LogP contribution in [0.5, 0.6) is 5.75 Å². The minimum atomic E-state index is -3.49. The number of allylic oxidation sites excluding steroid dienone is 1. The summed E-state index contributed by atoms with van der Waals surface area (Å²) in [5, 5.41) is 3.20. The molecule has 31 heavy (non-hydrogen) atoms. The molecule has 2 N–H and O–H groups in total. The zero-order chi connectivity index (χ0) is 22.7. The van der Waals surface area contributed by atoms with Crippen molar-refractivity contribution in [1.29, 1.82) is 0 Å². The molecule has 1 aliphatic carbocycles. The highest BCUT2D eigenvalue weighted by molar-refractivity contribution is 8.17. The highest BCUT2D eigenvalue weighted by Gasteiger charge is 2.24. The Kier molecular flexibility index (Phi) is 11.4. The summed E-state index contributed by atoms with van der Waals surface area (Å²) < 4.78 is 34.7. The van der Waals surface area contributed by atoms with Gasteiger partial charge in [0.15, 0.2) is 0 Å². The van der Waals surface area contributed by atoms with Gasteiger partial charge >= 0.3 is 0 Å². The molecule has 0 aliphatic heterocycles. The molecule has 0 spiro atoms. The Hall–Kier alpha value is -1.06. The average molecular weight is 470 g/mol. The zero-order valence-corrected chi connectivity index (χ0v) is 21.1. The first kappa shape index (κ1) is 26.2. The molecule has 1 aliphatic rings. The third kappa shape index (κ3) is 8.42.